The lowest BCUT2D eigenvalue weighted by Crippen LogP contribution is -2.51. The van der Waals surface area contributed by atoms with Gasteiger partial charge in [0.05, 0.1) is 4.47 Å². The highest BCUT2D eigenvalue weighted by atomic mass is 79.9. The van der Waals surface area contributed by atoms with E-state index < -0.39 is 6.04 Å². The Morgan fingerprint density at radius 1 is 0.917 bits per heavy atom. The summed E-state index contributed by atoms with van der Waals surface area (Å²) in [6.45, 7) is -0.132. The maximum Gasteiger partial charge on any atom is 0.261 e. The Hall–Kier alpha value is -3.71. The molecular formula is C29H26BrFN2O3. The average Bonchev–Trinajstić information content (AvgIpc) is 2.91. The molecule has 0 saturated carbocycles. The number of carbonyl (C=O) groups excluding carboxylic acids is 2. The lowest BCUT2D eigenvalue weighted by atomic mass is 10.0. The highest BCUT2D eigenvalue weighted by molar-refractivity contribution is 9.10. The molecule has 0 heterocycles. The molecule has 7 heteroatoms. The van der Waals surface area contributed by atoms with Crippen LogP contribution in [0.5, 0.6) is 5.75 Å². The second kappa shape index (κ2) is 11.8. The van der Waals surface area contributed by atoms with Crippen molar-refractivity contribution in [3.63, 3.8) is 0 Å². The molecule has 0 radical (unpaired) electrons. The number of likely N-dealkylation sites (N-methyl/N-ethyl adjacent to an activating group) is 1. The largest absolute Gasteiger partial charge is 0.483 e. The summed E-state index contributed by atoms with van der Waals surface area (Å²) in [5, 5.41) is 4.69. The van der Waals surface area contributed by atoms with E-state index >= 15 is 0 Å². The van der Waals surface area contributed by atoms with Crippen molar-refractivity contribution in [2.24, 2.45) is 0 Å². The first-order chi connectivity index (χ1) is 17.5. The lowest BCUT2D eigenvalue weighted by molar-refractivity contribution is -0.142. The van der Waals surface area contributed by atoms with Gasteiger partial charge in [-0.1, -0.05) is 72.8 Å². The Kier molecular flexibility index (Phi) is 8.33. The molecule has 1 atom stereocenters. The van der Waals surface area contributed by atoms with Gasteiger partial charge in [-0.2, -0.15) is 0 Å². The summed E-state index contributed by atoms with van der Waals surface area (Å²) in [5.74, 6) is -0.485. The number of halogens is 2. The molecule has 0 fully saturated rings. The van der Waals surface area contributed by atoms with Crippen LogP contribution in [0.4, 0.5) is 4.39 Å². The second-order valence-electron chi connectivity index (χ2n) is 8.36. The minimum absolute atomic E-state index is 0.131. The molecule has 0 aliphatic rings. The molecule has 4 rings (SSSR count). The molecule has 36 heavy (non-hydrogen) atoms. The maximum absolute atomic E-state index is 13.5. The third kappa shape index (κ3) is 6.10. The van der Waals surface area contributed by atoms with E-state index in [1.54, 1.807) is 19.2 Å². The highest BCUT2D eigenvalue weighted by Crippen LogP contribution is 2.33. The van der Waals surface area contributed by atoms with Crippen LogP contribution >= 0.6 is 15.9 Å². The molecule has 4 aromatic rings. The molecule has 5 nitrogen and oxygen atoms in total. The van der Waals surface area contributed by atoms with Gasteiger partial charge in [0, 0.05) is 20.0 Å². The minimum atomic E-state index is -0.779. The SMILES string of the molecule is CNC(=O)[C@@H](Cc1ccccc1)N(Cc1ccc(F)cc1)C(=O)COc1ccc2ccccc2c1Br. The molecule has 0 bridgehead atoms. The van der Waals surface area contributed by atoms with Crippen molar-refractivity contribution in [2.75, 3.05) is 13.7 Å². The van der Waals surface area contributed by atoms with Crippen LogP contribution < -0.4 is 10.1 Å². The third-order valence-electron chi connectivity index (χ3n) is 5.96. The first kappa shape index (κ1) is 25.4. The van der Waals surface area contributed by atoms with Crippen molar-refractivity contribution < 1.29 is 18.7 Å². The third-order valence-corrected chi connectivity index (χ3v) is 6.78. The second-order valence-corrected chi connectivity index (χ2v) is 9.15. The van der Waals surface area contributed by atoms with E-state index in [0.29, 0.717) is 17.7 Å². The summed E-state index contributed by atoms with van der Waals surface area (Å²) in [6.07, 6.45) is 0.327. The zero-order valence-corrected chi connectivity index (χ0v) is 21.4. The van der Waals surface area contributed by atoms with Crippen LogP contribution in [-0.4, -0.2) is 36.4 Å². The Morgan fingerprint density at radius 3 is 2.33 bits per heavy atom. The van der Waals surface area contributed by atoms with Gasteiger partial charge in [0.15, 0.2) is 6.61 Å². The number of amides is 2. The standard InChI is InChI=1S/C29H26BrFN2O3/c1-32-29(35)25(17-20-7-3-2-4-8-20)33(18-21-11-14-23(31)15-12-21)27(34)19-36-26-16-13-22-9-5-6-10-24(22)28(26)30/h2-16,25H,17-19H2,1H3,(H,32,35)/t25-/m1/s1. The van der Waals surface area contributed by atoms with Crippen molar-refractivity contribution in [3.05, 3.63) is 112 Å². The fraction of sp³-hybridized carbons (Fsp3) is 0.172. The van der Waals surface area contributed by atoms with E-state index in [1.165, 1.54) is 17.0 Å². The molecule has 1 N–H and O–H groups in total. The van der Waals surface area contributed by atoms with Gasteiger partial charge in [0.25, 0.3) is 5.91 Å². The van der Waals surface area contributed by atoms with Crippen molar-refractivity contribution >= 4 is 38.5 Å². The number of carbonyl (C=O) groups is 2. The van der Waals surface area contributed by atoms with E-state index in [0.717, 1.165) is 20.8 Å². The summed E-state index contributed by atoms with van der Waals surface area (Å²) in [5.41, 5.74) is 1.62. The number of benzene rings is 4. The van der Waals surface area contributed by atoms with E-state index in [2.05, 4.69) is 21.2 Å². The lowest BCUT2D eigenvalue weighted by Gasteiger charge is -2.31. The molecule has 0 unspecified atom stereocenters. The molecule has 0 saturated heterocycles. The quantitative estimate of drug-likeness (QED) is 0.300. The average molecular weight is 549 g/mol. The van der Waals surface area contributed by atoms with Crippen molar-refractivity contribution in [3.8, 4) is 5.75 Å². The number of ether oxygens (including phenoxy) is 1. The molecule has 0 aliphatic carbocycles. The van der Waals surface area contributed by atoms with Gasteiger partial charge < -0.3 is 15.0 Å². The number of hydrogen-bond acceptors (Lipinski definition) is 3. The van der Waals surface area contributed by atoms with Gasteiger partial charge in [-0.3, -0.25) is 9.59 Å². The summed E-state index contributed by atoms with van der Waals surface area (Å²) in [7, 11) is 1.55. The van der Waals surface area contributed by atoms with E-state index in [9.17, 15) is 14.0 Å². The fourth-order valence-corrected chi connectivity index (χ4v) is 4.66. The number of fused-ring (bicyclic) bond motifs is 1. The highest BCUT2D eigenvalue weighted by Gasteiger charge is 2.30. The zero-order valence-electron chi connectivity index (χ0n) is 19.8. The monoisotopic (exact) mass is 548 g/mol. The van der Waals surface area contributed by atoms with Crippen molar-refractivity contribution in [1.29, 1.82) is 0 Å². The Bertz CT molecular complexity index is 1350. The predicted molar refractivity (Wildman–Crippen MR) is 142 cm³/mol. The van der Waals surface area contributed by atoms with Crippen LogP contribution in [0.15, 0.2) is 95.5 Å². The van der Waals surface area contributed by atoms with Crippen LogP contribution in [0, 0.1) is 5.82 Å². The van der Waals surface area contributed by atoms with E-state index in [-0.39, 0.29) is 30.8 Å². The normalized spacial score (nSPS) is 11.6. The zero-order chi connectivity index (χ0) is 25.5. The van der Waals surface area contributed by atoms with Crippen molar-refractivity contribution in [2.45, 2.75) is 19.0 Å². The Labute approximate surface area is 218 Å². The Morgan fingerprint density at radius 2 is 1.61 bits per heavy atom. The van der Waals surface area contributed by atoms with Crippen molar-refractivity contribution in [1.82, 2.24) is 10.2 Å². The molecule has 2 amide bonds. The van der Waals surface area contributed by atoms with Crippen LogP contribution in [0.2, 0.25) is 0 Å². The molecular weight excluding hydrogens is 523 g/mol. The maximum atomic E-state index is 13.5. The van der Waals surface area contributed by atoms with Gasteiger partial charge in [-0.15, -0.1) is 0 Å². The fourth-order valence-electron chi connectivity index (χ4n) is 4.05. The molecule has 184 valence electrons. The van der Waals surface area contributed by atoms with Crippen LogP contribution in [0.1, 0.15) is 11.1 Å². The first-order valence-electron chi connectivity index (χ1n) is 11.6. The molecule has 4 aromatic carbocycles. The van der Waals surface area contributed by atoms with E-state index in [4.69, 9.17) is 4.74 Å². The molecule has 0 spiro atoms. The summed E-state index contributed by atoms with van der Waals surface area (Å²) in [4.78, 5) is 28.0. The predicted octanol–water partition coefficient (Wildman–Crippen LogP) is 5.51. The minimum Gasteiger partial charge on any atom is -0.483 e. The number of nitrogens with zero attached hydrogens (tertiary/aromatic N) is 1. The number of rotatable bonds is 9. The summed E-state index contributed by atoms with van der Waals surface area (Å²) >= 11 is 3.59. The summed E-state index contributed by atoms with van der Waals surface area (Å²) in [6, 6.07) is 26.2. The topological polar surface area (TPSA) is 58.6 Å². The number of nitrogens with one attached hydrogen (secondary N) is 1. The van der Waals surface area contributed by atoms with Crippen LogP contribution in [0.3, 0.4) is 0 Å². The smallest absolute Gasteiger partial charge is 0.261 e. The van der Waals surface area contributed by atoms with Crippen LogP contribution in [0.25, 0.3) is 10.8 Å². The van der Waals surface area contributed by atoms with Gasteiger partial charge >= 0.3 is 0 Å². The van der Waals surface area contributed by atoms with E-state index in [1.807, 2.05) is 66.7 Å². The van der Waals surface area contributed by atoms with Gasteiger partial charge in [-0.05, 0) is 56.0 Å². The van der Waals surface area contributed by atoms with Crippen LogP contribution in [-0.2, 0) is 22.6 Å². The Balaban J connectivity index is 1.61. The van der Waals surface area contributed by atoms with Gasteiger partial charge in [-0.25, -0.2) is 4.39 Å². The molecule has 0 aromatic heterocycles. The van der Waals surface area contributed by atoms with Gasteiger partial charge in [0.2, 0.25) is 5.91 Å². The summed E-state index contributed by atoms with van der Waals surface area (Å²) < 4.78 is 20.2. The molecule has 0 aliphatic heterocycles. The first-order valence-corrected chi connectivity index (χ1v) is 12.3. The van der Waals surface area contributed by atoms with Gasteiger partial charge in [0.1, 0.15) is 17.6 Å². The number of hydrogen-bond donors (Lipinski definition) is 1.